The molecule has 190 valence electrons. The maximum atomic E-state index is 13.0. The average molecular weight is 493 g/mol. The summed E-state index contributed by atoms with van der Waals surface area (Å²) in [7, 11) is 5.10. The van der Waals surface area contributed by atoms with Gasteiger partial charge in [-0.05, 0) is 54.7 Å². The average Bonchev–Trinajstić information content (AvgIpc) is 3.14. The van der Waals surface area contributed by atoms with E-state index in [0.717, 1.165) is 42.6 Å². The molecule has 0 bridgehead atoms. The van der Waals surface area contributed by atoms with Gasteiger partial charge in [-0.25, -0.2) is 4.79 Å². The fourth-order valence-corrected chi connectivity index (χ4v) is 5.55. The Balaban J connectivity index is 1.36. The zero-order chi connectivity index (χ0) is 25.4. The summed E-state index contributed by atoms with van der Waals surface area (Å²) in [5, 5.41) is 2.35. The summed E-state index contributed by atoms with van der Waals surface area (Å²) in [6, 6.07) is 13.6. The predicted molar refractivity (Wildman–Crippen MR) is 137 cm³/mol. The lowest BCUT2D eigenvalue weighted by Gasteiger charge is -2.36. The number of nitrogens with one attached hydrogen (secondary N) is 1. The van der Waals surface area contributed by atoms with Crippen LogP contribution < -0.4 is 15.9 Å². The third-order valence-corrected chi connectivity index (χ3v) is 7.57. The van der Waals surface area contributed by atoms with E-state index in [9.17, 15) is 14.4 Å². The van der Waals surface area contributed by atoms with Gasteiger partial charge in [0.25, 0.3) is 0 Å². The van der Waals surface area contributed by atoms with Crippen LogP contribution in [0.1, 0.15) is 31.7 Å². The third-order valence-electron chi connectivity index (χ3n) is 7.57. The lowest BCUT2D eigenvalue weighted by molar-refractivity contribution is -0.141. The van der Waals surface area contributed by atoms with Gasteiger partial charge in [0.05, 0.1) is 11.0 Å². The SMILES string of the molecule is COC(OC)C1CCN(c2ccc(-c3ccc4c(c3)n(C)c(=O)n4C3CCC(=O)NC3=O)cc2)CC1. The largest absolute Gasteiger partial charge is 0.372 e. The molecule has 9 nitrogen and oxygen atoms in total. The number of carbonyl (C=O) groups excluding carboxylic acids is 2. The number of methoxy groups -OCH3 is 2. The molecule has 2 fully saturated rings. The Morgan fingerprint density at radius 1 is 0.889 bits per heavy atom. The number of ether oxygens (including phenoxy) is 2. The molecule has 0 radical (unpaired) electrons. The maximum absolute atomic E-state index is 13.0. The molecule has 1 aromatic heterocycles. The van der Waals surface area contributed by atoms with Crippen molar-refractivity contribution in [3.63, 3.8) is 0 Å². The molecule has 36 heavy (non-hydrogen) atoms. The first-order valence-corrected chi connectivity index (χ1v) is 12.4. The van der Waals surface area contributed by atoms with Crippen molar-refractivity contribution in [1.29, 1.82) is 0 Å². The predicted octanol–water partition coefficient (Wildman–Crippen LogP) is 2.82. The van der Waals surface area contributed by atoms with Crippen molar-refractivity contribution in [2.24, 2.45) is 13.0 Å². The highest BCUT2D eigenvalue weighted by atomic mass is 16.7. The van der Waals surface area contributed by atoms with Gasteiger partial charge >= 0.3 is 5.69 Å². The summed E-state index contributed by atoms with van der Waals surface area (Å²) in [5.74, 6) is -0.320. The first-order valence-electron chi connectivity index (χ1n) is 12.4. The van der Waals surface area contributed by atoms with Gasteiger partial charge in [0.2, 0.25) is 11.8 Å². The molecule has 1 N–H and O–H groups in total. The van der Waals surface area contributed by atoms with Gasteiger partial charge in [-0.2, -0.15) is 0 Å². The van der Waals surface area contributed by atoms with Crippen LogP contribution in [-0.4, -0.2) is 54.5 Å². The van der Waals surface area contributed by atoms with Gasteiger partial charge in [-0.1, -0.05) is 18.2 Å². The fourth-order valence-electron chi connectivity index (χ4n) is 5.55. The number of benzene rings is 2. The summed E-state index contributed by atoms with van der Waals surface area (Å²) < 4.78 is 13.9. The van der Waals surface area contributed by atoms with Crippen molar-refractivity contribution < 1.29 is 19.1 Å². The topological polar surface area (TPSA) is 94.8 Å². The molecule has 0 saturated carbocycles. The van der Waals surface area contributed by atoms with E-state index in [1.54, 1.807) is 25.8 Å². The standard InChI is InChI=1S/C27H32N4O5/c1-29-23-16-19(6-9-21(23)31(27(29)34)22-10-11-24(32)28-25(22)33)17-4-7-20(8-5-17)30-14-12-18(13-15-30)26(35-2)36-3/h4-9,16,18,22,26H,10-15H2,1-3H3,(H,28,32,33). The number of carbonyl (C=O) groups is 2. The normalized spacial score (nSPS) is 19.3. The maximum Gasteiger partial charge on any atom is 0.329 e. The Kier molecular flexibility index (Phi) is 6.68. The summed E-state index contributed by atoms with van der Waals surface area (Å²) >= 11 is 0. The fraction of sp³-hybridized carbons (Fsp3) is 0.444. The number of hydrogen-bond acceptors (Lipinski definition) is 6. The molecule has 2 aromatic carbocycles. The van der Waals surface area contributed by atoms with Crippen LogP contribution >= 0.6 is 0 Å². The number of amides is 2. The second-order valence-corrected chi connectivity index (χ2v) is 9.59. The van der Waals surface area contributed by atoms with Crippen LogP contribution in [0.2, 0.25) is 0 Å². The molecule has 0 spiro atoms. The third kappa shape index (κ3) is 4.33. The van der Waals surface area contributed by atoms with Gasteiger partial charge < -0.3 is 14.4 Å². The van der Waals surface area contributed by atoms with Gasteiger partial charge in [-0.15, -0.1) is 0 Å². The van der Waals surface area contributed by atoms with Crippen molar-refractivity contribution in [3.8, 4) is 11.1 Å². The van der Waals surface area contributed by atoms with Crippen LogP contribution in [0, 0.1) is 5.92 Å². The molecule has 1 atom stereocenters. The smallest absolute Gasteiger partial charge is 0.329 e. The minimum Gasteiger partial charge on any atom is -0.372 e. The van der Waals surface area contributed by atoms with Crippen LogP contribution in [0.25, 0.3) is 22.2 Å². The number of rotatable bonds is 6. The van der Waals surface area contributed by atoms with Crippen LogP contribution in [0.3, 0.4) is 0 Å². The first kappa shape index (κ1) is 24.3. The number of aryl methyl sites for hydroxylation is 1. The molecular weight excluding hydrogens is 460 g/mol. The minimum atomic E-state index is -0.684. The summed E-state index contributed by atoms with van der Waals surface area (Å²) in [6.07, 6.45) is 2.43. The highest BCUT2D eigenvalue weighted by Gasteiger charge is 2.31. The minimum absolute atomic E-state index is 0.148. The summed E-state index contributed by atoms with van der Waals surface area (Å²) in [5.41, 5.74) is 4.40. The van der Waals surface area contributed by atoms with E-state index >= 15 is 0 Å². The van der Waals surface area contributed by atoms with Crippen molar-refractivity contribution >= 4 is 28.5 Å². The summed E-state index contributed by atoms with van der Waals surface area (Å²) in [4.78, 5) is 39.4. The highest BCUT2D eigenvalue weighted by Crippen LogP contribution is 2.31. The van der Waals surface area contributed by atoms with Crippen molar-refractivity contribution in [2.45, 2.75) is 38.0 Å². The Bertz CT molecular complexity index is 1330. The second-order valence-electron chi connectivity index (χ2n) is 9.59. The number of imide groups is 1. The number of fused-ring (bicyclic) bond motifs is 1. The van der Waals surface area contributed by atoms with E-state index in [0.29, 0.717) is 17.9 Å². The molecular formula is C27H32N4O5. The Morgan fingerprint density at radius 3 is 2.19 bits per heavy atom. The lowest BCUT2D eigenvalue weighted by Crippen LogP contribution is -2.44. The molecule has 0 aliphatic carbocycles. The molecule has 9 heteroatoms. The van der Waals surface area contributed by atoms with Gasteiger partial charge in [0.1, 0.15) is 6.04 Å². The van der Waals surface area contributed by atoms with Gasteiger partial charge in [0.15, 0.2) is 6.29 Å². The number of aromatic nitrogens is 2. The van der Waals surface area contributed by atoms with Crippen molar-refractivity contribution in [2.75, 3.05) is 32.2 Å². The Labute approximate surface area is 209 Å². The van der Waals surface area contributed by atoms with Crippen molar-refractivity contribution in [1.82, 2.24) is 14.5 Å². The number of piperidine rings is 2. The molecule has 2 aliphatic heterocycles. The number of imidazole rings is 1. The lowest BCUT2D eigenvalue weighted by atomic mass is 9.95. The highest BCUT2D eigenvalue weighted by molar-refractivity contribution is 6.00. The number of anilines is 1. The van der Waals surface area contributed by atoms with Gasteiger partial charge in [-0.3, -0.25) is 24.0 Å². The van der Waals surface area contributed by atoms with Crippen LogP contribution in [0.4, 0.5) is 5.69 Å². The van der Waals surface area contributed by atoms with E-state index in [2.05, 4.69) is 34.5 Å². The van der Waals surface area contributed by atoms with E-state index < -0.39 is 11.9 Å². The van der Waals surface area contributed by atoms with E-state index in [-0.39, 0.29) is 24.3 Å². The van der Waals surface area contributed by atoms with E-state index in [1.165, 1.54) is 10.3 Å². The van der Waals surface area contributed by atoms with Crippen molar-refractivity contribution in [3.05, 3.63) is 52.9 Å². The molecule has 2 saturated heterocycles. The zero-order valence-corrected chi connectivity index (χ0v) is 20.9. The number of hydrogen-bond donors (Lipinski definition) is 1. The zero-order valence-electron chi connectivity index (χ0n) is 20.9. The molecule has 2 aliphatic rings. The van der Waals surface area contributed by atoms with E-state index in [1.807, 2.05) is 18.2 Å². The Morgan fingerprint density at radius 2 is 1.56 bits per heavy atom. The number of nitrogens with zero attached hydrogens (tertiary/aromatic N) is 3. The molecule has 5 rings (SSSR count). The van der Waals surface area contributed by atoms with Crippen LogP contribution in [-0.2, 0) is 26.1 Å². The Hall–Kier alpha value is -3.43. The molecule has 2 amide bonds. The van der Waals surface area contributed by atoms with Gasteiger partial charge in [0, 0.05) is 52.4 Å². The molecule has 1 unspecified atom stereocenters. The van der Waals surface area contributed by atoms with Crippen LogP contribution in [0.5, 0.6) is 0 Å². The molecule has 3 heterocycles. The van der Waals surface area contributed by atoms with Crippen LogP contribution in [0.15, 0.2) is 47.3 Å². The quantitative estimate of drug-likeness (QED) is 0.420. The first-order chi connectivity index (χ1) is 17.4. The monoisotopic (exact) mass is 492 g/mol. The second kappa shape index (κ2) is 9.91. The summed E-state index contributed by atoms with van der Waals surface area (Å²) in [6.45, 7) is 1.91. The van der Waals surface area contributed by atoms with E-state index in [4.69, 9.17) is 9.47 Å². The molecule has 3 aromatic rings.